The van der Waals surface area contributed by atoms with Crippen molar-refractivity contribution in [3.05, 3.63) is 93.8 Å². The fourth-order valence-corrected chi connectivity index (χ4v) is 6.24. The number of fused-ring (bicyclic) bond motifs is 1. The van der Waals surface area contributed by atoms with Gasteiger partial charge in [0.05, 0.1) is 17.1 Å². The summed E-state index contributed by atoms with van der Waals surface area (Å²) in [5.74, 6) is 2.42. The second-order valence-electron chi connectivity index (χ2n) is 9.42. The highest BCUT2D eigenvalue weighted by Gasteiger charge is 2.42. The van der Waals surface area contributed by atoms with Crippen molar-refractivity contribution in [3.8, 4) is 5.75 Å². The Balaban J connectivity index is 1.46. The molecular formula is C28H29N3O4S. The lowest BCUT2D eigenvalue weighted by atomic mass is 9.75. The van der Waals surface area contributed by atoms with E-state index in [9.17, 15) is 14.7 Å². The van der Waals surface area contributed by atoms with Gasteiger partial charge >= 0.3 is 0 Å². The predicted octanol–water partition coefficient (Wildman–Crippen LogP) is 4.79. The molecule has 3 heterocycles. The number of rotatable bonds is 7. The van der Waals surface area contributed by atoms with Gasteiger partial charge in [-0.15, -0.1) is 0 Å². The minimum absolute atomic E-state index is 0.110. The number of aromatic amines is 1. The number of carbonyl (C=O) groups excluding carboxylic acids is 1. The number of imidazole rings is 1. The third kappa shape index (κ3) is 5.04. The molecule has 2 aromatic carbocycles. The molecule has 0 bridgehead atoms. The van der Waals surface area contributed by atoms with E-state index < -0.39 is 16.6 Å². The molecule has 1 aliphatic rings. The number of H-pyrrole nitrogens is 1. The summed E-state index contributed by atoms with van der Waals surface area (Å²) in [6.45, 7) is 1.69. The Morgan fingerprint density at radius 1 is 1.17 bits per heavy atom. The first kappa shape index (κ1) is 24.2. The van der Waals surface area contributed by atoms with E-state index in [1.807, 2.05) is 54.6 Å². The van der Waals surface area contributed by atoms with Crippen LogP contribution in [0.5, 0.6) is 5.75 Å². The number of aromatic hydroxyl groups is 1. The Hall–Kier alpha value is -3.52. The van der Waals surface area contributed by atoms with Gasteiger partial charge in [0.15, 0.2) is 5.76 Å². The maximum atomic E-state index is 13.6. The third-order valence-corrected chi connectivity index (χ3v) is 7.82. The zero-order valence-electron chi connectivity index (χ0n) is 20.1. The van der Waals surface area contributed by atoms with Gasteiger partial charge in [0.25, 0.3) is 0 Å². The van der Waals surface area contributed by atoms with E-state index in [4.69, 9.17) is 9.40 Å². The molecule has 1 aliphatic heterocycles. The van der Waals surface area contributed by atoms with Gasteiger partial charge in [-0.05, 0) is 55.4 Å². The highest BCUT2D eigenvalue weighted by Crippen LogP contribution is 2.44. The fourth-order valence-electron chi connectivity index (χ4n) is 4.97. The number of amides is 1. The summed E-state index contributed by atoms with van der Waals surface area (Å²) in [4.78, 5) is 34.1. The van der Waals surface area contributed by atoms with Crippen molar-refractivity contribution in [2.75, 3.05) is 11.5 Å². The Bertz CT molecular complexity index is 1390. The zero-order chi connectivity index (χ0) is 25.1. The molecule has 186 valence electrons. The van der Waals surface area contributed by atoms with Crippen LogP contribution in [-0.4, -0.2) is 32.5 Å². The second kappa shape index (κ2) is 10.2. The molecule has 3 N–H and O–H groups in total. The molecule has 1 unspecified atom stereocenters. The smallest absolute Gasteiger partial charge is 0.227 e. The maximum Gasteiger partial charge on any atom is 0.227 e. The Labute approximate surface area is 213 Å². The van der Waals surface area contributed by atoms with Crippen molar-refractivity contribution in [2.45, 2.75) is 44.1 Å². The van der Waals surface area contributed by atoms with E-state index in [1.165, 1.54) is 6.07 Å². The average Bonchev–Trinajstić information content (AvgIpc) is 3.31. The molecule has 7 nitrogen and oxygen atoms in total. The highest BCUT2D eigenvalue weighted by molar-refractivity contribution is 7.99. The molecule has 2 aromatic heterocycles. The molecule has 1 amide bonds. The lowest BCUT2D eigenvalue weighted by Crippen LogP contribution is -2.40. The maximum absolute atomic E-state index is 13.6. The van der Waals surface area contributed by atoms with Crippen LogP contribution in [0, 0.1) is 6.92 Å². The van der Waals surface area contributed by atoms with Crippen molar-refractivity contribution < 1.29 is 14.3 Å². The lowest BCUT2D eigenvalue weighted by Gasteiger charge is -2.36. The van der Waals surface area contributed by atoms with Crippen LogP contribution in [0.1, 0.15) is 48.2 Å². The van der Waals surface area contributed by atoms with Gasteiger partial charge in [0.2, 0.25) is 17.1 Å². The van der Waals surface area contributed by atoms with Crippen molar-refractivity contribution in [3.63, 3.8) is 0 Å². The molecule has 0 spiro atoms. The zero-order valence-corrected chi connectivity index (χ0v) is 20.9. The molecule has 36 heavy (non-hydrogen) atoms. The van der Waals surface area contributed by atoms with Crippen LogP contribution in [0.2, 0.25) is 0 Å². The average molecular weight is 504 g/mol. The van der Waals surface area contributed by atoms with E-state index in [-0.39, 0.29) is 24.1 Å². The number of hydrogen-bond acceptors (Lipinski definition) is 6. The van der Waals surface area contributed by atoms with Crippen LogP contribution >= 0.6 is 11.8 Å². The van der Waals surface area contributed by atoms with E-state index in [0.717, 1.165) is 28.1 Å². The lowest BCUT2D eigenvalue weighted by molar-refractivity contribution is -0.123. The van der Waals surface area contributed by atoms with Gasteiger partial charge in [-0.1, -0.05) is 42.5 Å². The van der Waals surface area contributed by atoms with E-state index in [0.29, 0.717) is 30.8 Å². The summed E-state index contributed by atoms with van der Waals surface area (Å²) < 4.78 is 5.90. The molecule has 1 saturated heterocycles. The SMILES string of the molecule is Cc1cc(=O)c(O)c(C2(CC(=O)NC(Cc3ccccc3)c3nc4ccccc4[nH]3)CCSCC2)o1. The predicted molar refractivity (Wildman–Crippen MR) is 141 cm³/mol. The summed E-state index contributed by atoms with van der Waals surface area (Å²) in [6, 6.07) is 18.7. The minimum Gasteiger partial charge on any atom is -0.502 e. The molecule has 0 radical (unpaired) electrons. The number of carbonyl (C=O) groups is 1. The molecule has 8 heteroatoms. The standard InChI is InChI=1S/C28H29N3O4S/c1-18-15-23(32)25(34)26(35-18)28(11-13-36-14-12-28)17-24(33)29-22(16-19-7-3-2-4-8-19)27-30-20-9-5-6-10-21(20)31-27/h2-10,15,22,34H,11-14,16-17H2,1H3,(H,29,33)(H,30,31). The van der Waals surface area contributed by atoms with Gasteiger partial charge in [-0.3, -0.25) is 9.59 Å². The van der Waals surface area contributed by atoms with Crippen molar-refractivity contribution in [1.82, 2.24) is 15.3 Å². The Kier molecular flexibility index (Phi) is 6.87. The highest BCUT2D eigenvalue weighted by atomic mass is 32.2. The van der Waals surface area contributed by atoms with Crippen LogP contribution in [0.25, 0.3) is 11.0 Å². The second-order valence-corrected chi connectivity index (χ2v) is 10.6. The van der Waals surface area contributed by atoms with Crippen molar-refractivity contribution >= 4 is 28.7 Å². The summed E-state index contributed by atoms with van der Waals surface area (Å²) in [6.07, 6.45) is 1.96. The van der Waals surface area contributed by atoms with Crippen LogP contribution in [0.4, 0.5) is 0 Å². The number of aromatic nitrogens is 2. The van der Waals surface area contributed by atoms with Crippen LogP contribution in [0.3, 0.4) is 0 Å². The first-order valence-electron chi connectivity index (χ1n) is 12.1. The summed E-state index contributed by atoms with van der Waals surface area (Å²) in [5.41, 5.74) is 1.61. The van der Waals surface area contributed by atoms with Crippen molar-refractivity contribution in [1.29, 1.82) is 0 Å². The fraction of sp³-hybridized carbons (Fsp3) is 0.321. The minimum atomic E-state index is -0.740. The van der Waals surface area contributed by atoms with Crippen molar-refractivity contribution in [2.24, 2.45) is 0 Å². The van der Waals surface area contributed by atoms with E-state index >= 15 is 0 Å². The summed E-state index contributed by atoms with van der Waals surface area (Å²) in [7, 11) is 0. The first-order chi connectivity index (χ1) is 17.4. The molecule has 0 saturated carbocycles. The number of nitrogens with zero attached hydrogens (tertiary/aromatic N) is 1. The number of hydrogen-bond donors (Lipinski definition) is 3. The van der Waals surface area contributed by atoms with Gasteiger partial charge in [-0.2, -0.15) is 11.8 Å². The van der Waals surface area contributed by atoms with Gasteiger partial charge in [-0.25, -0.2) is 4.98 Å². The number of benzene rings is 2. The molecule has 1 fully saturated rings. The number of thioether (sulfide) groups is 1. The molecule has 4 aromatic rings. The van der Waals surface area contributed by atoms with Crippen LogP contribution in [-0.2, 0) is 16.6 Å². The number of para-hydroxylation sites is 2. The Morgan fingerprint density at radius 2 is 1.89 bits per heavy atom. The summed E-state index contributed by atoms with van der Waals surface area (Å²) in [5, 5.41) is 13.8. The molecule has 1 atom stereocenters. The normalized spacial score (nSPS) is 16.0. The Morgan fingerprint density at radius 3 is 2.64 bits per heavy atom. The molecule has 5 rings (SSSR count). The topological polar surface area (TPSA) is 108 Å². The third-order valence-electron chi connectivity index (χ3n) is 6.83. The monoisotopic (exact) mass is 503 g/mol. The van der Waals surface area contributed by atoms with E-state index in [2.05, 4.69) is 10.3 Å². The van der Waals surface area contributed by atoms with Gasteiger partial charge < -0.3 is 19.8 Å². The largest absolute Gasteiger partial charge is 0.502 e. The van der Waals surface area contributed by atoms with Crippen LogP contribution < -0.4 is 10.7 Å². The summed E-state index contributed by atoms with van der Waals surface area (Å²) >= 11 is 1.80. The number of nitrogens with one attached hydrogen (secondary N) is 2. The first-order valence-corrected chi connectivity index (χ1v) is 13.3. The van der Waals surface area contributed by atoms with Gasteiger partial charge in [0, 0.05) is 17.9 Å². The number of aryl methyl sites for hydroxylation is 1. The van der Waals surface area contributed by atoms with E-state index in [1.54, 1.807) is 18.7 Å². The molecule has 0 aliphatic carbocycles. The molecular weight excluding hydrogens is 474 g/mol. The van der Waals surface area contributed by atoms with Gasteiger partial charge in [0.1, 0.15) is 11.6 Å². The quantitative estimate of drug-likeness (QED) is 0.335. The van der Waals surface area contributed by atoms with Crippen LogP contribution in [0.15, 0.2) is 69.9 Å².